The van der Waals surface area contributed by atoms with Gasteiger partial charge in [0.05, 0.1) is 16.9 Å². The van der Waals surface area contributed by atoms with E-state index in [0.29, 0.717) is 0 Å². The van der Waals surface area contributed by atoms with Gasteiger partial charge >= 0.3 is 0 Å². The maximum Gasteiger partial charge on any atom is 0.196 e. The summed E-state index contributed by atoms with van der Waals surface area (Å²) in [5.41, 5.74) is 2.38. The number of rotatable bonds is 2. The fraction of sp³-hybridized carbons (Fsp3) is 0.154. The molecule has 0 fully saturated rings. The predicted molar refractivity (Wildman–Crippen MR) is 80.1 cm³/mol. The van der Waals surface area contributed by atoms with Crippen molar-refractivity contribution in [2.24, 2.45) is 4.99 Å². The third-order valence-corrected chi connectivity index (χ3v) is 4.36. The van der Waals surface area contributed by atoms with Crippen molar-refractivity contribution in [3.05, 3.63) is 50.6 Å². The molecule has 2 heterocycles. The highest BCUT2D eigenvalue weighted by Gasteiger charge is 2.10. The van der Waals surface area contributed by atoms with E-state index in [4.69, 9.17) is 0 Å². The van der Waals surface area contributed by atoms with Gasteiger partial charge in [-0.25, -0.2) is 4.99 Å². The van der Waals surface area contributed by atoms with Crippen LogP contribution in [0, 0.1) is 0 Å². The van der Waals surface area contributed by atoms with Gasteiger partial charge in [0.2, 0.25) is 0 Å². The van der Waals surface area contributed by atoms with E-state index in [1.807, 2.05) is 12.1 Å². The van der Waals surface area contributed by atoms with E-state index in [1.165, 1.54) is 10.4 Å². The van der Waals surface area contributed by atoms with E-state index in [1.54, 1.807) is 11.3 Å². The highest BCUT2D eigenvalue weighted by atomic mass is 79.9. The minimum absolute atomic E-state index is 0.736. The molecule has 1 aliphatic rings. The summed E-state index contributed by atoms with van der Waals surface area (Å²) in [6, 6.07) is 12.4. The molecule has 3 rings (SSSR count). The standard InChI is InChI=1S/C13H12BrN3S/c14-12-6-5-10(18-12)8-16-13-15-7-9-3-1-2-4-11(9)17-13/h1-6H,7-8H2,(H2,15,16,17). The molecule has 2 aromatic rings. The maximum atomic E-state index is 4.48. The number of para-hydroxylation sites is 1. The number of guanidine groups is 1. The van der Waals surface area contributed by atoms with Crippen LogP contribution in [0.1, 0.15) is 10.4 Å². The summed E-state index contributed by atoms with van der Waals surface area (Å²) in [6.07, 6.45) is 0. The zero-order valence-electron chi connectivity index (χ0n) is 9.61. The zero-order chi connectivity index (χ0) is 12.4. The topological polar surface area (TPSA) is 36.4 Å². The van der Waals surface area contributed by atoms with Crippen molar-refractivity contribution in [2.75, 3.05) is 5.32 Å². The molecule has 0 radical (unpaired) electrons. The number of nitrogens with zero attached hydrogens (tertiary/aromatic N) is 1. The average molecular weight is 322 g/mol. The van der Waals surface area contributed by atoms with Crippen molar-refractivity contribution < 1.29 is 0 Å². The van der Waals surface area contributed by atoms with E-state index in [-0.39, 0.29) is 0 Å². The van der Waals surface area contributed by atoms with Crippen LogP contribution in [0.5, 0.6) is 0 Å². The molecule has 0 unspecified atom stereocenters. The van der Waals surface area contributed by atoms with Crippen LogP contribution < -0.4 is 10.6 Å². The highest BCUT2D eigenvalue weighted by molar-refractivity contribution is 9.11. The minimum Gasteiger partial charge on any atom is -0.351 e. The molecule has 0 saturated carbocycles. The fourth-order valence-corrected chi connectivity index (χ4v) is 3.25. The van der Waals surface area contributed by atoms with Crippen molar-refractivity contribution in [1.29, 1.82) is 0 Å². The number of halogens is 1. The van der Waals surface area contributed by atoms with Gasteiger partial charge in [-0.2, -0.15) is 0 Å². The lowest BCUT2D eigenvalue weighted by molar-refractivity contribution is 0.897. The molecule has 2 N–H and O–H groups in total. The fourth-order valence-electron chi connectivity index (χ4n) is 1.83. The molecule has 1 aromatic heterocycles. The Hall–Kier alpha value is -1.33. The molecule has 1 aliphatic heterocycles. The molecule has 1 aromatic carbocycles. The Morgan fingerprint density at radius 2 is 2.17 bits per heavy atom. The van der Waals surface area contributed by atoms with Gasteiger partial charge in [-0.1, -0.05) is 18.2 Å². The third-order valence-electron chi connectivity index (χ3n) is 2.74. The lowest BCUT2D eigenvalue weighted by Gasteiger charge is -2.18. The van der Waals surface area contributed by atoms with Crippen molar-refractivity contribution >= 4 is 38.9 Å². The predicted octanol–water partition coefficient (Wildman–Crippen LogP) is 3.58. The SMILES string of the molecule is Brc1ccc(CNC2=NCc3ccccc3N2)s1. The summed E-state index contributed by atoms with van der Waals surface area (Å²) in [7, 11) is 0. The van der Waals surface area contributed by atoms with Crippen molar-refractivity contribution in [3.8, 4) is 0 Å². The van der Waals surface area contributed by atoms with E-state index in [0.717, 1.165) is 28.5 Å². The Kier molecular flexibility index (Phi) is 3.34. The second-order valence-corrected chi connectivity index (χ2v) is 6.55. The lowest BCUT2D eigenvalue weighted by atomic mass is 10.1. The Bertz CT molecular complexity index is 591. The quantitative estimate of drug-likeness (QED) is 0.887. The Morgan fingerprint density at radius 1 is 1.28 bits per heavy atom. The monoisotopic (exact) mass is 321 g/mol. The molecule has 3 nitrogen and oxygen atoms in total. The molecule has 0 bridgehead atoms. The Morgan fingerprint density at radius 3 is 3.00 bits per heavy atom. The first kappa shape index (κ1) is 11.7. The van der Waals surface area contributed by atoms with Crippen LogP contribution >= 0.6 is 27.3 Å². The van der Waals surface area contributed by atoms with E-state index in [2.05, 4.69) is 55.8 Å². The molecular formula is C13H12BrN3S. The number of aliphatic imine (C=N–C) groups is 1. The van der Waals surface area contributed by atoms with Crippen LogP contribution in [0.4, 0.5) is 5.69 Å². The average Bonchev–Trinajstić information content (AvgIpc) is 2.82. The van der Waals surface area contributed by atoms with Gasteiger partial charge in [0.15, 0.2) is 5.96 Å². The molecular weight excluding hydrogens is 310 g/mol. The van der Waals surface area contributed by atoms with Crippen LogP contribution in [-0.2, 0) is 13.1 Å². The number of hydrogen-bond acceptors (Lipinski definition) is 4. The van der Waals surface area contributed by atoms with Crippen LogP contribution in [-0.4, -0.2) is 5.96 Å². The third kappa shape index (κ3) is 2.57. The molecule has 0 amide bonds. The van der Waals surface area contributed by atoms with Gasteiger partial charge in [-0.05, 0) is 39.7 Å². The van der Waals surface area contributed by atoms with Crippen LogP contribution in [0.15, 0.2) is 45.2 Å². The Balaban J connectivity index is 1.64. The first-order valence-corrected chi connectivity index (χ1v) is 7.30. The smallest absolute Gasteiger partial charge is 0.196 e. The normalized spacial score (nSPS) is 13.5. The number of anilines is 1. The molecule has 18 heavy (non-hydrogen) atoms. The first-order chi connectivity index (χ1) is 8.81. The minimum atomic E-state index is 0.736. The second kappa shape index (κ2) is 5.12. The van der Waals surface area contributed by atoms with Gasteiger partial charge in [-0.15, -0.1) is 11.3 Å². The highest BCUT2D eigenvalue weighted by Crippen LogP contribution is 2.22. The first-order valence-electron chi connectivity index (χ1n) is 5.69. The molecule has 0 spiro atoms. The van der Waals surface area contributed by atoms with E-state index < -0.39 is 0 Å². The van der Waals surface area contributed by atoms with E-state index >= 15 is 0 Å². The summed E-state index contributed by atoms with van der Waals surface area (Å²) in [5, 5.41) is 6.63. The van der Waals surface area contributed by atoms with Crippen LogP contribution in [0.25, 0.3) is 0 Å². The molecule has 92 valence electrons. The maximum absolute atomic E-state index is 4.48. The molecule has 0 saturated heterocycles. The number of benzene rings is 1. The number of fused-ring (bicyclic) bond motifs is 1. The summed E-state index contributed by atoms with van der Waals surface area (Å²) >= 11 is 5.20. The van der Waals surface area contributed by atoms with Crippen LogP contribution in [0.2, 0.25) is 0 Å². The van der Waals surface area contributed by atoms with Gasteiger partial charge in [0, 0.05) is 10.6 Å². The summed E-state index contributed by atoms with van der Waals surface area (Å²) < 4.78 is 1.16. The van der Waals surface area contributed by atoms with Crippen molar-refractivity contribution in [3.63, 3.8) is 0 Å². The number of nitrogens with one attached hydrogen (secondary N) is 2. The molecule has 0 atom stereocenters. The summed E-state index contributed by atoms with van der Waals surface area (Å²) in [6.45, 7) is 1.53. The van der Waals surface area contributed by atoms with Gasteiger partial charge < -0.3 is 10.6 Å². The Labute approximate surface area is 118 Å². The van der Waals surface area contributed by atoms with Gasteiger partial charge in [0.25, 0.3) is 0 Å². The zero-order valence-corrected chi connectivity index (χ0v) is 12.0. The second-order valence-electron chi connectivity index (χ2n) is 4.01. The van der Waals surface area contributed by atoms with Crippen molar-refractivity contribution in [2.45, 2.75) is 13.1 Å². The van der Waals surface area contributed by atoms with Crippen LogP contribution in [0.3, 0.4) is 0 Å². The van der Waals surface area contributed by atoms with E-state index in [9.17, 15) is 0 Å². The summed E-state index contributed by atoms with van der Waals surface area (Å²) in [4.78, 5) is 5.76. The largest absolute Gasteiger partial charge is 0.351 e. The molecule has 5 heteroatoms. The molecule has 0 aliphatic carbocycles. The van der Waals surface area contributed by atoms with Crippen molar-refractivity contribution in [1.82, 2.24) is 5.32 Å². The van der Waals surface area contributed by atoms with Gasteiger partial charge in [0.1, 0.15) is 0 Å². The van der Waals surface area contributed by atoms with Gasteiger partial charge in [-0.3, -0.25) is 0 Å². The summed E-state index contributed by atoms with van der Waals surface area (Å²) in [5.74, 6) is 0.846. The number of thiophene rings is 1. The lowest BCUT2D eigenvalue weighted by Crippen LogP contribution is -2.32. The number of hydrogen-bond donors (Lipinski definition) is 2.